The first-order valence-corrected chi connectivity index (χ1v) is 9.74. The van der Waals surface area contributed by atoms with Crippen LogP contribution >= 0.6 is 28.5 Å². The van der Waals surface area contributed by atoms with Crippen molar-refractivity contribution < 1.29 is 32.7 Å². The zero-order valence-corrected chi connectivity index (χ0v) is 15.3. The Morgan fingerprint density at radius 3 is 2.33 bits per heavy atom. The van der Waals surface area contributed by atoms with Crippen molar-refractivity contribution in [3.05, 3.63) is 10.1 Å². The van der Waals surface area contributed by atoms with Crippen LogP contribution in [0.1, 0.15) is 20.8 Å². The van der Waals surface area contributed by atoms with Crippen LogP contribution in [-0.4, -0.2) is 30.3 Å². The predicted octanol–water partition coefficient (Wildman–Crippen LogP) is 2.90. The predicted molar refractivity (Wildman–Crippen MR) is 76.3 cm³/mol. The van der Waals surface area contributed by atoms with Crippen molar-refractivity contribution in [3.63, 3.8) is 0 Å². The summed E-state index contributed by atoms with van der Waals surface area (Å²) in [4.78, 5) is 10.3. The van der Waals surface area contributed by atoms with Crippen LogP contribution in [0.5, 0.6) is 0 Å². The normalized spacial score (nSPS) is 36.6. The second-order valence-corrected chi connectivity index (χ2v) is 6.46. The summed E-state index contributed by atoms with van der Waals surface area (Å²) < 4.78 is 11.2. The Morgan fingerprint density at radius 1 is 1.28 bits per heavy atom. The van der Waals surface area contributed by atoms with Gasteiger partial charge >= 0.3 is 0 Å². The molecule has 1 radical (unpaired) electrons. The number of hydrogen-bond acceptors (Lipinski definition) is 4. The van der Waals surface area contributed by atoms with Crippen molar-refractivity contribution in [3.8, 4) is 0 Å². The molecule has 1 unspecified atom stereocenters. The summed E-state index contributed by atoms with van der Waals surface area (Å²) in [5, 5.41) is 10.6. The Labute approximate surface area is 135 Å². The smallest absolute Gasteiger partial charge is 0.229 e. The molecule has 0 saturated carbocycles. The number of rotatable bonds is 5. The maximum Gasteiger partial charge on any atom is 0.229 e. The summed E-state index contributed by atoms with van der Waals surface area (Å²) in [7, 11) is 0. The molecular weight excluding hydrogens is 407 g/mol. The molecule has 105 valence electrons. The molecule has 6 atom stereocenters. The van der Waals surface area contributed by atoms with Gasteiger partial charge in [-0.1, -0.05) is 20.8 Å². The van der Waals surface area contributed by atoms with E-state index >= 15 is 0 Å². The van der Waals surface area contributed by atoms with Gasteiger partial charge in [0.15, 0.2) is 0 Å². The van der Waals surface area contributed by atoms with E-state index < -0.39 is 0 Å². The molecule has 0 aromatic heterocycles. The van der Waals surface area contributed by atoms with E-state index in [0.717, 1.165) is 0 Å². The van der Waals surface area contributed by atoms with E-state index in [2.05, 4.69) is 35.9 Å². The molecule has 1 saturated heterocycles. The Hall–Kier alpha value is 1.06. The van der Waals surface area contributed by atoms with Gasteiger partial charge in [-0.2, -0.15) is 0 Å². The first-order valence-electron chi connectivity index (χ1n) is 5.72. The van der Waals surface area contributed by atoms with Crippen LogP contribution in [0.3, 0.4) is 0 Å². The Morgan fingerprint density at radius 2 is 1.83 bits per heavy atom. The average molecular weight is 426 g/mol. The van der Waals surface area contributed by atoms with E-state index in [1.54, 1.807) is 0 Å². The monoisotopic (exact) mass is 426 g/mol. The Kier molecular flexibility index (Phi) is 9.62. The maximum absolute atomic E-state index is 10.6. The average Bonchev–Trinajstić information content (AvgIpc) is 2.28. The zero-order chi connectivity index (χ0) is 13.0. The van der Waals surface area contributed by atoms with E-state index in [4.69, 9.17) is 9.26 Å². The minimum atomic E-state index is -0.290. The molecule has 5 nitrogen and oxygen atoms in total. The molecule has 1 rings (SSSR count). The van der Waals surface area contributed by atoms with Crippen LogP contribution in [0, 0.1) is 27.9 Å². The molecular formula is C10H19INO4PV. The third-order valence-corrected chi connectivity index (χ3v) is 5.02. The van der Waals surface area contributed by atoms with Crippen molar-refractivity contribution in [1.29, 1.82) is 0 Å². The van der Waals surface area contributed by atoms with E-state index in [1.807, 2.05) is 6.92 Å². The Balaban J connectivity index is 0.00000289. The van der Waals surface area contributed by atoms with Crippen molar-refractivity contribution in [1.82, 2.24) is 0 Å². The number of nitrogens with zero attached hydrogens (tertiary/aromatic N) is 1. The Bertz CT molecular complexity index is 274. The van der Waals surface area contributed by atoms with Gasteiger partial charge in [0.05, 0.1) is 19.2 Å². The second-order valence-electron chi connectivity index (χ2n) is 4.69. The van der Waals surface area contributed by atoms with E-state index in [1.165, 1.54) is 0 Å². The molecule has 8 heteroatoms. The SMILES string of the molecule is C[C@@H]1[C@@H](C)[C@H](C[N+](=O)[O-])O[C@H](COPI)[C@@H]1C.[V]. The molecule has 0 aromatic rings. The fourth-order valence-electron chi connectivity index (χ4n) is 2.29. The first kappa shape index (κ1) is 19.1. The molecule has 0 aromatic carbocycles. The molecule has 18 heavy (non-hydrogen) atoms. The van der Waals surface area contributed by atoms with Crippen molar-refractivity contribution in [2.24, 2.45) is 17.8 Å². The third kappa shape index (κ3) is 5.21. The topological polar surface area (TPSA) is 61.6 Å². The first-order chi connectivity index (χ1) is 7.97. The quantitative estimate of drug-likeness (QED) is 0.294. The number of ether oxygens (including phenoxy) is 1. The minimum Gasteiger partial charge on any atom is -0.365 e. The van der Waals surface area contributed by atoms with Crippen LogP contribution < -0.4 is 0 Å². The third-order valence-electron chi connectivity index (χ3n) is 3.81. The molecule has 1 aliphatic heterocycles. The van der Waals surface area contributed by atoms with Gasteiger partial charge in [-0.15, -0.1) is 0 Å². The molecule has 1 heterocycles. The molecule has 0 spiro atoms. The fraction of sp³-hybridized carbons (Fsp3) is 1.00. The van der Waals surface area contributed by atoms with Crippen LogP contribution in [0.4, 0.5) is 0 Å². The number of halogens is 1. The summed E-state index contributed by atoms with van der Waals surface area (Å²) >= 11 is 2.17. The van der Waals surface area contributed by atoms with Crippen molar-refractivity contribution in [2.45, 2.75) is 33.0 Å². The zero-order valence-electron chi connectivity index (χ0n) is 10.7. The minimum absolute atomic E-state index is 0. The van der Waals surface area contributed by atoms with Gasteiger partial charge in [-0.25, -0.2) is 0 Å². The van der Waals surface area contributed by atoms with E-state index in [9.17, 15) is 10.1 Å². The second kappa shape index (κ2) is 9.08. The molecule has 1 fully saturated rings. The van der Waals surface area contributed by atoms with Crippen molar-refractivity contribution >= 4 is 28.5 Å². The van der Waals surface area contributed by atoms with Crippen LogP contribution in [0.25, 0.3) is 0 Å². The summed E-state index contributed by atoms with van der Waals surface area (Å²) in [6, 6.07) is 0. The molecule has 0 bridgehead atoms. The largest absolute Gasteiger partial charge is 0.365 e. The van der Waals surface area contributed by atoms with Gasteiger partial charge in [0.25, 0.3) is 0 Å². The maximum atomic E-state index is 10.6. The fourth-order valence-corrected chi connectivity index (χ4v) is 3.06. The van der Waals surface area contributed by atoms with E-state index in [-0.39, 0.29) is 48.1 Å². The summed E-state index contributed by atoms with van der Waals surface area (Å²) in [6.45, 7) is 7.14. The molecule has 0 N–H and O–H groups in total. The molecule has 0 amide bonds. The molecule has 0 aliphatic carbocycles. The standard InChI is InChI=1S/C10H19INO4P.V/c1-6-7(2)9(4-12(13)14)16-10(8(6)3)5-15-17-11;/h6-10,17H,4-5H2,1-3H3;/t6-,7-,8-,9+,10-;/m1./s1. The van der Waals surface area contributed by atoms with E-state index in [0.29, 0.717) is 24.9 Å². The van der Waals surface area contributed by atoms with Crippen LogP contribution in [0.15, 0.2) is 0 Å². The summed E-state index contributed by atoms with van der Waals surface area (Å²) in [5.74, 6) is 1.01. The van der Waals surface area contributed by atoms with Gasteiger partial charge in [0.2, 0.25) is 6.54 Å². The van der Waals surface area contributed by atoms with Gasteiger partial charge in [-0.05, 0) is 39.8 Å². The summed E-state index contributed by atoms with van der Waals surface area (Å²) in [6.07, 6.45) is -0.309. The molecule has 1 aliphatic rings. The van der Waals surface area contributed by atoms with Crippen LogP contribution in [0.2, 0.25) is 0 Å². The number of hydrogen-bond donors (Lipinski definition) is 0. The summed E-state index contributed by atoms with van der Waals surface area (Å²) in [5.41, 5.74) is 0. The van der Waals surface area contributed by atoms with Gasteiger partial charge in [-0.3, -0.25) is 10.1 Å². The van der Waals surface area contributed by atoms with Crippen molar-refractivity contribution in [2.75, 3.05) is 13.2 Å². The van der Waals surface area contributed by atoms with Crippen LogP contribution in [-0.2, 0) is 27.8 Å². The number of nitro groups is 1. The van der Waals surface area contributed by atoms with Gasteiger partial charge in [0, 0.05) is 23.5 Å². The van der Waals surface area contributed by atoms with Gasteiger partial charge < -0.3 is 9.26 Å². The van der Waals surface area contributed by atoms with Gasteiger partial charge in [0.1, 0.15) is 6.10 Å².